The maximum Gasteiger partial charge on any atom is 0.335 e. The molecule has 0 radical (unpaired) electrons. The van der Waals surface area contributed by atoms with E-state index in [2.05, 4.69) is 26.0 Å². The van der Waals surface area contributed by atoms with Crippen LogP contribution in [-0.2, 0) is 6.61 Å². The Morgan fingerprint density at radius 2 is 1.90 bits per heavy atom. The van der Waals surface area contributed by atoms with E-state index in [1.54, 1.807) is 37.3 Å². The minimum absolute atomic E-state index is 0.0558. The molecule has 0 spiro atoms. The molecule has 0 saturated carbocycles. The van der Waals surface area contributed by atoms with E-state index >= 15 is 0 Å². The molecule has 12 heteroatoms. The third kappa shape index (κ3) is 6.18. The fourth-order valence-electron chi connectivity index (χ4n) is 3.90. The first-order valence-corrected chi connectivity index (χ1v) is 13.0. The average molecular weight is 609 g/mol. The number of rotatable bonds is 10. The molecule has 0 saturated heterocycles. The lowest BCUT2D eigenvalue weighted by atomic mass is 10.1. The van der Waals surface area contributed by atoms with Gasteiger partial charge in [-0.2, -0.15) is 9.78 Å². The molecule has 0 unspecified atom stereocenters. The summed E-state index contributed by atoms with van der Waals surface area (Å²) in [5.41, 5.74) is 0.845. The zero-order chi connectivity index (χ0) is 29.0. The summed E-state index contributed by atoms with van der Waals surface area (Å²) in [5.74, 6) is -0.717. The van der Waals surface area contributed by atoms with E-state index in [-0.39, 0.29) is 47.4 Å². The largest absolute Gasteiger partial charge is 0.490 e. The van der Waals surface area contributed by atoms with Crippen molar-refractivity contribution in [2.75, 3.05) is 6.61 Å². The number of halogens is 1. The van der Waals surface area contributed by atoms with Crippen molar-refractivity contribution >= 4 is 44.7 Å². The van der Waals surface area contributed by atoms with Crippen LogP contribution in [0.2, 0.25) is 0 Å². The number of fused-ring (bicyclic) bond motifs is 1. The van der Waals surface area contributed by atoms with Crippen molar-refractivity contribution in [3.63, 3.8) is 0 Å². The molecule has 11 nitrogen and oxygen atoms in total. The van der Waals surface area contributed by atoms with Crippen LogP contribution in [0.4, 0.5) is 5.69 Å². The van der Waals surface area contributed by atoms with E-state index in [1.165, 1.54) is 35.2 Å². The molecule has 0 aliphatic heterocycles. The molecular weight excluding hydrogens is 584 g/mol. The quantitative estimate of drug-likeness (QED) is 0.136. The normalized spacial score (nSPS) is 11.3. The number of hydrogen-bond acceptors (Lipinski definition) is 8. The SMILES string of the molecule is CCOc1cc(C=Nn2c(C(C)C)nc3ccc(Br)cc3c2=O)cc([N+](=O)[O-])c1OCc1ccc(C(=O)O)cc1. The number of aromatic nitrogens is 2. The van der Waals surface area contributed by atoms with Gasteiger partial charge in [0, 0.05) is 22.0 Å². The summed E-state index contributed by atoms with van der Waals surface area (Å²) in [6.45, 7) is 5.66. The van der Waals surface area contributed by atoms with Crippen LogP contribution < -0.4 is 15.0 Å². The first-order valence-electron chi connectivity index (χ1n) is 12.3. The van der Waals surface area contributed by atoms with Crippen LogP contribution in [0.25, 0.3) is 10.9 Å². The highest BCUT2D eigenvalue weighted by molar-refractivity contribution is 9.10. The number of aromatic carboxylic acids is 1. The minimum atomic E-state index is -1.06. The zero-order valence-electron chi connectivity index (χ0n) is 21.8. The molecule has 4 rings (SSSR count). The van der Waals surface area contributed by atoms with Crippen LogP contribution in [0, 0.1) is 10.1 Å². The van der Waals surface area contributed by atoms with Gasteiger partial charge in [-0.3, -0.25) is 14.9 Å². The fraction of sp³-hybridized carbons (Fsp3) is 0.214. The van der Waals surface area contributed by atoms with E-state index < -0.39 is 10.9 Å². The topological polar surface area (TPSA) is 146 Å². The van der Waals surface area contributed by atoms with Gasteiger partial charge in [-0.05, 0) is 48.9 Å². The molecule has 1 N–H and O–H groups in total. The monoisotopic (exact) mass is 608 g/mol. The van der Waals surface area contributed by atoms with Gasteiger partial charge >= 0.3 is 11.7 Å². The number of ether oxygens (including phenoxy) is 2. The predicted molar refractivity (Wildman–Crippen MR) is 153 cm³/mol. The Kier molecular flexibility index (Phi) is 8.58. The van der Waals surface area contributed by atoms with Gasteiger partial charge in [0.1, 0.15) is 12.4 Å². The summed E-state index contributed by atoms with van der Waals surface area (Å²) in [6, 6.07) is 14.0. The standard InChI is InChI=1S/C28H25BrN4O7/c1-4-39-24-12-18(11-23(33(37)38)25(24)40-15-17-5-7-19(8-6-17)28(35)36)14-30-32-26(16(2)3)31-22-10-9-20(29)13-21(22)27(32)34/h5-14,16H,4,15H2,1-3H3,(H,35,36). The molecule has 0 fully saturated rings. The van der Waals surface area contributed by atoms with Crippen molar-refractivity contribution in [2.45, 2.75) is 33.3 Å². The molecular formula is C28H25BrN4O7. The molecule has 0 aliphatic carbocycles. The van der Waals surface area contributed by atoms with E-state index in [0.29, 0.717) is 27.9 Å². The first-order chi connectivity index (χ1) is 19.1. The predicted octanol–water partition coefficient (Wildman–Crippen LogP) is 5.75. The van der Waals surface area contributed by atoms with Crippen LogP contribution in [0.5, 0.6) is 11.5 Å². The second-order valence-corrected chi connectivity index (χ2v) is 9.91. The molecule has 0 bridgehead atoms. The van der Waals surface area contributed by atoms with Gasteiger partial charge in [0.15, 0.2) is 5.75 Å². The fourth-order valence-corrected chi connectivity index (χ4v) is 4.26. The maximum absolute atomic E-state index is 13.3. The highest BCUT2D eigenvalue weighted by Crippen LogP contribution is 2.39. The van der Waals surface area contributed by atoms with Crippen LogP contribution in [-0.4, -0.2) is 38.5 Å². The molecule has 3 aromatic carbocycles. The van der Waals surface area contributed by atoms with E-state index in [0.717, 1.165) is 4.47 Å². The number of nitro benzene ring substituents is 1. The van der Waals surface area contributed by atoms with Crippen molar-refractivity contribution in [3.05, 3.63) is 102 Å². The van der Waals surface area contributed by atoms with E-state index in [1.807, 2.05) is 13.8 Å². The molecule has 1 aromatic heterocycles. The lowest BCUT2D eigenvalue weighted by Crippen LogP contribution is -2.23. The number of hydrogen-bond donors (Lipinski definition) is 1. The Morgan fingerprint density at radius 3 is 2.52 bits per heavy atom. The smallest absolute Gasteiger partial charge is 0.335 e. The van der Waals surface area contributed by atoms with Crippen LogP contribution in [0.15, 0.2) is 69.0 Å². The number of nitrogens with zero attached hydrogens (tertiary/aromatic N) is 4. The Balaban J connectivity index is 1.74. The highest BCUT2D eigenvalue weighted by Gasteiger charge is 2.23. The summed E-state index contributed by atoms with van der Waals surface area (Å²) >= 11 is 3.37. The third-order valence-corrected chi connectivity index (χ3v) is 6.30. The van der Waals surface area contributed by atoms with Gasteiger partial charge in [0.2, 0.25) is 5.75 Å². The van der Waals surface area contributed by atoms with Gasteiger partial charge in [-0.15, -0.1) is 0 Å². The first kappa shape index (κ1) is 28.4. The number of carbonyl (C=O) groups is 1. The number of carboxylic acid groups (broad SMARTS) is 1. The van der Waals surface area contributed by atoms with Gasteiger partial charge in [-0.1, -0.05) is 41.9 Å². The highest BCUT2D eigenvalue weighted by atomic mass is 79.9. The number of nitro groups is 1. The Morgan fingerprint density at radius 1 is 1.18 bits per heavy atom. The van der Waals surface area contributed by atoms with Gasteiger partial charge < -0.3 is 14.6 Å². The average Bonchev–Trinajstić information content (AvgIpc) is 2.92. The molecule has 0 amide bonds. The number of benzene rings is 3. The van der Waals surface area contributed by atoms with E-state index in [9.17, 15) is 19.7 Å². The summed E-state index contributed by atoms with van der Waals surface area (Å²) in [5, 5.41) is 25.8. The second-order valence-electron chi connectivity index (χ2n) is 9.00. The molecule has 0 atom stereocenters. The van der Waals surface area contributed by atoms with E-state index in [4.69, 9.17) is 14.6 Å². The lowest BCUT2D eigenvalue weighted by molar-refractivity contribution is -0.386. The van der Waals surface area contributed by atoms with Crippen molar-refractivity contribution < 1.29 is 24.3 Å². The summed E-state index contributed by atoms with van der Waals surface area (Å²) in [4.78, 5) is 40.4. The number of carboxylic acids is 1. The molecule has 4 aromatic rings. The maximum atomic E-state index is 13.3. The van der Waals surface area contributed by atoms with Crippen molar-refractivity contribution in [1.82, 2.24) is 9.66 Å². The minimum Gasteiger partial charge on any atom is -0.490 e. The Hall–Kier alpha value is -4.58. The van der Waals surface area contributed by atoms with Crippen molar-refractivity contribution in [1.29, 1.82) is 0 Å². The molecule has 0 aliphatic rings. The second kappa shape index (κ2) is 12.1. The van der Waals surface area contributed by atoms with Gasteiger partial charge in [0.25, 0.3) is 5.56 Å². The van der Waals surface area contributed by atoms with Gasteiger partial charge in [-0.25, -0.2) is 9.78 Å². The third-order valence-electron chi connectivity index (χ3n) is 5.81. The molecule has 40 heavy (non-hydrogen) atoms. The molecule has 206 valence electrons. The van der Waals surface area contributed by atoms with Crippen molar-refractivity contribution in [3.8, 4) is 11.5 Å². The van der Waals surface area contributed by atoms with Gasteiger partial charge in [0.05, 0.1) is 34.2 Å². The Bertz CT molecular complexity index is 1680. The Labute approximate surface area is 237 Å². The van der Waals surface area contributed by atoms with Crippen LogP contribution >= 0.6 is 15.9 Å². The van der Waals surface area contributed by atoms with Crippen LogP contribution in [0.1, 0.15) is 54.0 Å². The summed E-state index contributed by atoms with van der Waals surface area (Å²) < 4.78 is 13.4. The van der Waals surface area contributed by atoms with Crippen LogP contribution in [0.3, 0.4) is 0 Å². The summed E-state index contributed by atoms with van der Waals surface area (Å²) in [6.07, 6.45) is 1.34. The summed E-state index contributed by atoms with van der Waals surface area (Å²) in [7, 11) is 0. The lowest BCUT2D eigenvalue weighted by Gasteiger charge is -2.14. The van der Waals surface area contributed by atoms with Crippen molar-refractivity contribution in [2.24, 2.45) is 5.10 Å². The molecule has 1 heterocycles. The zero-order valence-corrected chi connectivity index (χ0v) is 23.4.